The van der Waals surface area contributed by atoms with Gasteiger partial charge in [-0.3, -0.25) is 14.9 Å². The van der Waals surface area contributed by atoms with E-state index in [2.05, 4.69) is 16.4 Å². The largest absolute Gasteiger partial charge is 0.352 e. The number of thiophene rings is 1. The van der Waals surface area contributed by atoms with Gasteiger partial charge >= 0.3 is 0 Å². The van der Waals surface area contributed by atoms with Crippen LogP contribution in [-0.2, 0) is 9.59 Å². The normalized spacial score (nSPS) is 17.2. The summed E-state index contributed by atoms with van der Waals surface area (Å²) in [5, 5.41) is 15.2. The SMILES string of the molecule is N#CC1CCN(c2nc(C3=C(c4c[nH]c5sccc45)C(=O)NC3=O)c3ccccc3n2)CC1. The van der Waals surface area contributed by atoms with Crippen LogP contribution in [0.3, 0.4) is 0 Å². The molecule has 8 nitrogen and oxygen atoms in total. The second-order valence-electron chi connectivity index (χ2n) is 8.18. The molecule has 0 bridgehead atoms. The molecule has 1 fully saturated rings. The van der Waals surface area contributed by atoms with Crippen molar-refractivity contribution < 1.29 is 9.59 Å². The molecule has 2 N–H and O–H groups in total. The molecule has 0 radical (unpaired) electrons. The van der Waals surface area contributed by atoms with Gasteiger partial charge in [0, 0.05) is 41.5 Å². The number of benzene rings is 1. The number of amides is 2. The first-order valence-electron chi connectivity index (χ1n) is 10.7. The molecular formula is C24H18N6O2S. The van der Waals surface area contributed by atoms with Crippen LogP contribution < -0.4 is 10.2 Å². The number of hydrogen-bond donors (Lipinski definition) is 2. The average Bonchev–Trinajstić information content (AvgIpc) is 3.53. The highest BCUT2D eigenvalue weighted by Gasteiger charge is 2.36. The van der Waals surface area contributed by atoms with Gasteiger partial charge in [-0.25, -0.2) is 9.97 Å². The first kappa shape index (κ1) is 19.6. The van der Waals surface area contributed by atoms with Gasteiger partial charge in [0.05, 0.1) is 28.4 Å². The van der Waals surface area contributed by atoms with Crippen molar-refractivity contribution >= 4 is 61.4 Å². The number of aromatic amines is 1. The molecule has 2 aliphatic heterocycles. The maximum absolute atomic E-state index is 13.1. The molecule has 2 amide bonds. The Morgan fingerprint density at radius 3 is 2.64 bits per heavy atom. The second-order valence-corrected chi connectivity index (χ2v) is 9.09. The van der Waals surface area contributed by atoms with E-state index in [1.54, 1.807) is 17.5 Å². The van der Waals surface area contributed by atoms with E-state index in [-0.39, 0.29) is 11.5 Å². The van der Waals surface area contributed by atoms with Crippen molar-refractivity contribution in [2.24, 2.45) is 5.92 Å². The second kappa shape index (κ2) is 7.53. The van der Waals surface area contributed by atoms with Gasteiger partial charge in [-0.2, -0.15) is 5.26 Å². The maximum Gasteiger partial charge on any atom is 0.261 e. The summed E-state index contributed by atoms with van der Waals surface area (Å²) in [5.74, 6) is -0.345. The minimum absolute atomic E-state index is 0.0373. The summed E-state index contributed by atoms with van der Waals surface area (Å²) in [4.78, 5) is 41.8. The van der Waals surface area contributed by atoms with Crippen LogP contribution in [0.15, 0.2) is 41.9 Å². The Balaban J connectivity index is 1.57. The van der Waals surface area contributed by atoms with Gasteiger partial charge in [0.2, 0.25) is 5.95 Å². The number of carbonyl (C=O) groups is 2. The van der Waals surface area contributed by atoms with E-state index in [0.29, 0.717) is 46.8 Å². The Morgan fingerprint density at radius 2 is 1.82 bits per heavy atom. The fourth-order valence-electron chi connectivity index (χ4n) is 4.60. The molecule has 0 unspecified atom stereocenters. The first-order valence-corrected chi connectivity index (χ1v) is 11.6. The lowest BCUT2D eigenvalue weighted by atomic mass is 9.97. The first-order chi connectivity index (χ1) is 16.1. The Hall–Kier alpha value is -4.03. The number of fused-ring (bicyclic) bond motifs is 2. The predicted molar refractivity (Wildman–Crippen MR) is 126 cm³/mol. The van der Waals surface area contributed by atoms with Crippen LogP contribution in [0.2, 0.25) is 0 Å². The van der Waals surface area contributed by atoms with Gasteiger partial charge in [0.15, 0.2) is 0 Å². The van der Waals surface area contributed by atoms with Crippen molar-refractivity contribution in [1.82, 2.24) is 20.3 Å². The summed E-state index contributed by atoms with van der Waals surface area (Å²) >= 11 is 1.54. The summed E-state index contributed by atoms with van der Waals surface area (Å²) < 4.78 is 0. The number of imide groups is 1. The van der Waals surface area contributed by atoms with Crippen molar-refractivity contribution in [1.29, 1.82) is 5.26 Å². The molecule has 5 heterocycles. The van der Waals surface area contributed by atoms with Crippen LogP contribution in [0.4, 0.5) is 5.95 Å². The highest BCUT2D eigenvalue weighted by atomic mass is 32.1. The van der Waals surface area contributed by atoms with Gasteiger partial charge in [0.1, 0.15) is 4.83 Å². The zero-order valence-electron chi connectivity index (χ0n) is 17.5. The van der Waals surface area contributed by atoms with Crippen molar-refractivity contribution in [3.05, 3.63) is 53.2 Å². The molecule has 6 rings (SSSR count). The molecule has 0 aliphatic carbocycles. The van der Waals surface area contributed by atoms with E-state index in [1.807, 2.05) is 40.6 Å². The number of nitrogens with zero attached hydrogens (tertiary/aromatic N) is 4. The molecule has 33 heavy (non-hydrogen) atoms. The fraction of sp³-hybridized carbons (Fsp3) is 0.208. The minimum Gasteiger partial charge on any atom is -0.352 e. The lowest BCUT2D eigenvalue weighted by Crippen LogP contribution is -2.34. The third-order valence-electron chi connectivity index (χ3n) is 6.29. The number of anilines is 1. The van der Waals surface area contributed by atoms with Gasteiger partial charge in [-0.15, -0.1) is 11.3 Å². The molecular weight excluding hydrogens is 436 g/mol. The lowest BCUT2D eigenvalue weighted by Gasteiger charge is -2.29. The highest BCUT2D eigenvalue weighted by molar-refractivity contribution is 7.16. The summed E-state index contributed by atoms with van der Waals surface area (Å²) in [5.41, 5.74) is 2.42. The Morgan fingerprint density at radius 1 is 1.03 bits per heavy atom. The van der Waals surface area contributed by atoms with Gasteiger partial charge < -0.3 is 9.88 Å². The fourth-order valence-corrected chi connectivity index (χ4v) is 5.37. The van der Waals surface area contributed by atoms with E-state index in [1.165, 1.54) is 0 Å². The van der Waals surface area contributed by atoms with Crippen molar-refractivity contribution in [2.75, 3.05) is 18.0 Å². The number of para-hydroxylation sites is 1. The van der Waals surface area contributed by atoms with Crippen molar-refractivity contribution in [3.63, 3.8) is 0 Å². The van der Waals surface area contributed by atoms with Crippen LogP contribution in [0.5, 0.6) is 0 Å². The number of rotatable bonds is 3. The zero-order valence-corrected chi connectivity index (χ0v) is 18.3. The molecule has 1 saturated heterocycles. The Bertz CT molecular complexity index is 1520. The number of nitriles is 1. The smallest absolute Gasteiger partial charge is 0.261 e. The topological polar surface area (TPSA) is 115 Å². The number of carbonyl (C=O) groups excluding carboxylic acids is 2. The highest BCUT2D eigenvalue weighted by Crippen LogP contribution is 2.38. The van der Waals surface area contributed by atoms with E-state index in [4.69, 9.17) is 9.97 Å². The van der Waals surface area contributed by atoms with Gasteiger partial charge in [-0.05, 0) is 30.4 Å². The molecule has 162 valence electrons. The van der Waals surface area contributed by atoms with Crippen LogP contribution in [0, 0.1) is 17.2 Å². The molecule has 4 aromatic rings. The summed E-state index contributed by atoms with van der Waals surface area (Å²) in [6.45, 7) is 1.33. The summed E-state index contributed by atoms with van der Waals surface area (Å²) in [7, 11) is 0. The van der Waals surface area contributed by atoms with Crippen LogP contribution in [-0.4, -0.2) is 39.9 Å². The van der Waals surface area contributed by atoms with Crippen molar-refractivity contribution in [3.8, 4) is 6.07 Å². The maximum atomic E-state index is 13.1. The lowest BCUT2D eigenvalue weighted by molar-refractivity contribution is -0.122. The molecule has 0 spiro atoms. The standard InChI is InChI=1S/C24H18N6O2S/c25-11-13-5-8-30(9-6-13)24-27-17-4-2-1-3-15(17)20(28-24)19-18(21(31)29-22(19)32)16-12-26-23-14(16)7-10-33-23/h1-4,7,10,12-13,26H,5-6,8-9H2,(H,29,31,32). The summed E-state index contributed by atoms with van der Waals surface area (Å²) in [6, 6.07) is 11.8. The van der Waals surface area contributed by atoms with Gasteiger partial charge in [-0.1, -0.05) is 18.2 Å². The quantitative estimate of drug-likeness (QED) is 0.458. The van der Waals surface area contributed by atoms with E-state index >= 15 is 0 Å². The van der Waals surface area contributed by atoms with Crippen molar-refractivity contribution in [2.45, 2.75) is 12.8 Å². The summed E-state index contributed by atoms with van der Waals surface area (Å²) in [6.07, 6.45) is 3.26. The Kier molecular flexibility index (Phi) is 4.48. The van der Waals surface area contributed by atoms with Crippen LogP contribution in [0.1, 0.15) is 24.1 Å². The molecule has 2 aliphatic rings. The van der Waals surface area contributed by atoms with Gasteiger partial charge in [0.25, 0.3) is 11.8 Å². The Labute approximate surface area is 192 Å². The van der Waals surface area contributed by atoms with E-state index in [0.717, 1.165) is 23.1 Å². The third kappa shape index (κ3) is 3.10. The van der Waals surface area contributed by atoms with E-state index < -0.39 is 11.8 Å². The number of H-pyrrole nitrogens is 1. The van der Waals surface area contributed by atoms with Crippen LogP contribution in [0.25, 0.3) is 32.3 Å². The average molecular weight is 455 g/mol. The number of piperidine rings is 1. The monoisotopic (exact) mass is 454 g/mol. The molecule has 9 heteroatoms. The molecule has 1 aromatic carbocycles. The molecule has 0 atom stereocenters. The number of hydrogen-bond acceptors (Lipinski definition) is 7. The third-order valence-corrected chi connectivity index (χ3v) is 7.14. The molecule has 0 saturated carbocycles. The minimum atomic E-state index is -0.461. The predicted octanol–water partition coefficient (Wildman–Crippen LogP) is 3.48. The van der Waals surface area contributed by atoms with Crippen LogP contribution >= 0.6 is 11.3 Å². The molecule has 3 aromatic heterocycles. The number of nitrogens with one attached hydrogen (secondary N) is 2. The van der Waals surface area contributed by atoms with E-state index in [9.17, 15) is 14.9 Å². The number of aromatic nitrogens is 3. The zero-order chi connectivity index (χ0) is 22.5.